The van der Waals surface area contributed by atoms with Crippen molar-refractivity contribution in [1.82, 2.24) is 10.3 Å². The summed E-state index contributed by atoms with van der Waals surface area (Å²) >= 11 is 0. The minimum absolute atomic E-state index is 0.324. The van der Waals surface area contributed by atoms with Gasteiger partial charge in [0.2, 0.25) is 0 Å². The van der Waals surface area contributed by atoms with Gasteiger partial charge in [0.1, 0.15) is 0 Å². The molecule has 1 unspecified atom stereocenters. The SMILES string of the molecule is C#CCCCC(NC)c1ccccn1. The van der Waals surface area contributed by atoms with Gasteiger partial charge in [-0.25, -0.2) is 0 Å². The molecule has 0 bridgehead atoms. The van der Waals surface area contributed by atoms with E-state index < -0.39 is 0 Å². The minimum Gasteiger partial charge on any atom is -0.312 e. The average Bonchev–Trinajstić information content (AvgIpc) is 2.26. The maximum absolute atomic E-state index is 5.21. The number of nitrogens with one attached hydrogen (secondary N) is 1. The summed E-state index contributed by atoms with van der Waals surface area (Å²) in [7, 11) is 1.95. The normalized spacial score (nSPS) is 12.0. The topological polar surface area (TPSA) is 24.9 Å². The van der Waals surface area contributed by atoms with Gasteiger partial charge in [-0.05, 0) is 32.0 Å². The number of nitrogens with zero attached hydrogens (tertiary/aromatic N) is 1. The highest BCUT2D eigenvalue weighted by Gasteiger charge is 2.08. The lowest BCUT2D eigenvalue weighted by molar-refractivity contribution is 0.520. The van der Waals surface area contributed by atoms with Gasteiger partial charge in [0.15, 0.2) is 0 Å². The molecule has 0 aliphatic heterocycles. The molecular formula is C12H16N2. The largest absolute Gasteiger partial charge is 0.312 e. The van der Waals surface area contributed by atoms with Crippen LogP contribution < -0.4 is 5.32 Å². The summed E-state index contributed by atoms with van der Waals surface area (Å²) in [6.45, 7) is 0. The second kappa shape index (κ2) is 6.17. The van der Waals surface area contributed by atoms with Crippen molar-refractivity contribution >= 4 is 0 Å². The number of terminal acetylenes is 1. The lowest BCUT2D eigenvalue weighted by Gasteiger charge is -2.14. The van der Waals surface area contributed by atoms with Gasteiger partial charge in [-0.15, -0.1) is 12.3 Å². The quantitative estimate of drug-likeness (QED) is 0.565. The Hall–Kier alpha value is -1.33. The maximum Gasteiger partial charge on any atom is 0.0573 e. The third kappa shape index (κ3) is 3.20. The Bertz CT molecular complexity index is 287. The van der Waals surface area contributed by atoms with Crippen LogP contribution in [0.25, 0.3) is 0 Å². The van der Waals surface area contributed by atoms with Crippen molar-refractivity contribution in [3.05, 3.63) is 30.1 Å². The molecule has 1 atom stereocenters. The summed E-state index contributed by atoms with van der Waals surface area (Å²) < 4.78 is 0. The van der Waals surface area contributed by atoms with Crippen molar-refractivity contribution in [3.63, 3.8) is 0 Å². The Morgan fingerprint density at radius 1 is 1.57 bits per heavy atom. The van der Waals surface area contributed by atoms with Crippen molar-refractivity contribution in [1.29, 1.82) is 0 Å². The molecule has 1 heterocycles. The van der Waals surface area contributed by atoms with Crippen LogP contribution in [0.15, 0.2) is 24.4 Å². The lowest BCUT2D eigenvalue weighted by Crippen LogP contribution is -2.17. The molecule has 1 aromatic heterocycles. The van der Waals surface area contributed by atoms with E-state index in [0.717, 1.165) is 25.0 Å². The van der Waals surface area contributed by atoms with E-state index in [0.29, 0.717) is 6.04 Å². The summed E-state index contributed by atoms with van der Waals surface area (Å²) in [4.78, 5) is 4.31. The molecule has 74 valence electrons. The van der Waals surface area contributed by atoms with Gasteiger partial charge in [-0.1, -0.05) is 6.07 Å². The second-order valence-electron chi connectivity index (χ2n) is 3.19. The van der Waals surface area contributed by atoms with Crippen LogP contribution in [-0.2, 0) is 0 Å². The summed E-state index contributed by atoms with van der Waals surface area (Å²) in [6, 6.07) is 6.30. The highest BCUT2D eigenvalue weighted by atomic mass is 14.9. The first-order chi connectivity index (χ1) is 6.88. The summed E-state index contributed by atoms with van der Waals surface area (Å²) in [5.41, 5.74) is 1.09. The average molecular weight is 188 g/mol. The molecule has 0 aliphatic rings. The molecular weight excluding hydrogens is 172 g/mol. The number of pyridine rings is 1. The molecule has 0 saturated heterocycles. The Morgan fingerprint density at radius 2 is 2.43 bits per heavy atom. The molecule has 2 heteroatoms. The van der Waals surface area contributed by atoms with Crippen LogP contribution in [0.3, 0.4) is 0 Å². The molecule has 1 aromatic rings. The van der Waals surface area contributed by atoms with Crippen molar-refractivity contribution in [2.45, 2.75) is 25.3 Å². The predicted molar refractivity (Wildman–Crippen MR) is 58.7 cm³/mol. The van der Waals surface area contributed by atoms with Gasteiger partial charge in [0.05, 0.1) is 5.69 Å². The molecule has 0 fully saturated rings. The zero-order chi connectivity index (χ0) is 10.2. The van der Waals surface area contributed by atoms with Crippen LogP contribution in [0.2, 0.25) is 0 Å². The molecule has 0 amide bonds. The van der Waals surface area contributed by atoms with E-state index in [-0.39, 0.29) is 0 Å². The third-order valence-corrected chi connectivity index (χ3v) is 2.21. The number of aromatic nitrogens is 1. The fraction of sp³-hybridized carbons (Fsp3) is 0.417. The lowest BCUT2D eigenvalue weighted by atomic mass is 10.1. The maximum atomic E-state index is 5.21. The summed E-state index contributed by atoms with van der Waals surface area (Å²) in [5.74, 6) is 2.65. The van der Waals surface area contributed by atoms with Crippen LogP contribution in [0.5, 0.6) is 0 Å². The van der Waals surface area contributed by atoms with E-state index in [1.807, 2.05) is 31.4 Å². The van der Waals surface area contributed by atoms with E-state index in [9.17, 15) is 0 Å². The van der Waals surface area contributed by atoms with Crippen LogP contribution in [0.4, 0.5) is 0 Å². The zero-order valence-corrected chi connectivity index (χ0v) is 8.53. The van der Waals surface area contributed by atoms with Gasteiger partial charge in [-0.3, -0.25) is 4.98 Å². The Kier molecular flexibility index (Phi) is 4.74. The fourth-order valence-corrected chi connectivity index (χ4v) is 1.43. The van der Waals surface area contributed by atoms with Crippen LogP contribution in [-0.4, -0.2) is 12.0 Å². The van der Waals surface area contributed by atoms with Gasteiger partial charge < -0.3 is 5.32 Å². The fourth-order valence-electron chi connectivity index (χ4n) is 1.43. The molecule has 0 aromatic carbocycles. The highest BCUT2D eigenvalue weighted by molar-refractivity contribution is 5.08. The van der Waals surface area contributed by atoms with Crippen molar-refractivity contribution in [3.8, 4) is 12.3 Å². The van der Waals surface area contributed by atoms with Gasteiger partial charge in [-0.2, -0.15) is 0 Å². The van der Waals surface area contributed by atoms with Crippen LogP contribution >= 0.6 is 0 Å². The van der Waals surface area contributed by atoms with E-state index in [1.165, 1.54) is 0 Å². The van der Waals surface area contributed by atoms with Crippen molar-refractivity contribution < 1.29 is 0 Å². The Labute approximate surface area is 85.8 Å². The van der Waals surface area contributed by atoms with Crippen molar-refractivity contribution in [2.24, 2.45) is 0 Å². The number of hydrogen-bond donors (Lipinski definition) is 1. The first-order valence-corrected chi connectivity index (χ1v) is 4.90. The predicted octanol–water partition coefficient (Wildman–Crippen LogP) is 2.15. The third-order valence-electron chi connectivity index (χ3n) is 2.21. The Balaban J connectivity index is 2.51. The number of hydrogen-bond acceptors (Lipinski definition) is 2. The standard InChI is InChI=1S/C12H16N2/c1-3-4-5-8-11(13-2)12-9-6-7-10-14-12/h1,6-7,9-11,13H,4-5,8H2,2H3. The summed E-state index contributed by atoms with van der Waals surface area (Å²) in [5, 5.41) is 3.25. The molecule has 0 aliphatic carbocycles. The Morgan fingerprint density at radius 3 is 3.00 bits per heavy atom. The molecule has 0 spiro atoms. The first kappa shape index (κ1) is 10.7. The van der Waals surface area contributed by atoms with Crippen LogP contribution in [0, 0.1) is 12.3 Å². The number of unbranched alkanes of at least 4 members (excludes halogenated alkanes) is 1. The van der Waals surface area contributed by atoms with Crippen LogP contribution in [0.1, 0.15) is 31.0 Å². The first-order valence-electron chi connectivity index (χ1n) is 4.90. The molecule has 14 heavy (non-hydrogen) atoms. The van der Waals surface area contributed by atoms with E-state index in [4.69, 9.17) is 6.42 Å². The zero-order valence-electron chi connectivity index (χ0n) is 8.53. The molecule has 1 N–H and O–H groups in total. The van der Waals surface area contributed by atoms with Gasteiger partial charge >= 0.3 is 0 Å². The van der Waals surface area contributed by atoms with Gasteiger partial charge in [0, 0.05) is 18.7 Å². The monoisotopic (exact) mass is 188 g/mol. The van der Waals surface area contributed by atoms with Crippen molar-refractivity contribution in [2.75, 3.05) is 7.05 Å². The molecule has 0 radical (unpaired) electrons. The summed E-state index contributed by atoms with van der Waals surface area (Å²) in [6.07, 6.45) is 9.95. The smallest absolute Gasteiger partial charge is 0.0573 e. The minimum atomic E-state index is 0.324. The van der Waals surface area contributed by atoms with E-state index >= 15 is 0 Å². The molecule has 0 saturated carbocycles. The van der Waals surface area contributed by atoms with E-state index in [2.05, 4.69) is 16.2 Å². The molecule has 2 nitrogen and oxygen atoms in total. The van der Waals surface area contributed by atoms with E-state index in [1.54, 1.807) is 0 Å². The number of rotatable bonds is 5. The molecule has 1 rings (SSSR count). The highest BCUT2D eigenvalue weighted by Crippen LogP contribution is 2.15. The second-order valence-corrected chi connectivity index (χ2v) is 3.19. The van der Waals surface area contributed by atoms with Gasteiger partial charge in [0.25, 0.3) is 0 Å².